The first-order valence-electron chi connectivity index (χ1n) is 10.1. The molecule has 28 heavy (non-hydrogen) atoms. The standard InChI is InChI=1S/C25H34O3/c1-8-9-15-18-19(23(27)28-17-13-11-10-12-14-17)16-20(24(2,3)4)22(26)21(18)25(5,6)7/h10-14,16,26H,8-9,15H2,1-7H3. The molecule has 0 unspecified atom stereocenters. The predicted molar refractivity (Wildman–Crippen MR) is 116 cm³/mol. The van der Waals surface area contributed by atoms with Gasteiger partial charge in [-0.05, 0) is 47.4 Å². The van der Waals surface area contributed by atoms with Gasteiger partial charge in [-0.2, -0.15) is 0 Å². The Balaban J connectivity index is 2.71. The number of phenols is 1. The van der Waals surface area contributed by atoms with Crippen LogP contribution in [0.25, 0.3) is 0 Å². The van der Waals surface area contributed by atoms with Crippen LogP contribution < -0.4 is 4.74 Å². The average Bonchev–Trinajstić information content (AvgIpc) is 2.58. The molecule has 3 heteroatoms. The monoisotopic (exact) mass is 382 g/mol. The van der Waals surface area contributed by atoms with Crippen molar-refractivity contribution < 1.29 is 14.6 Å². The number of phenolic OH excluding ortho intramolecular Hbond substituents is 1. The molecule has 0 aromatic heterocycles. The molecule has 0 radical (unpaired) electrons. The van der Waals surface area contributed by atoms with Gasteiger partial charge in [0.15, 0.2) is 0 Å². The number of unbranched alkanes of at least 4 members (excludes halogenated alkanes) is 1. The number of hydrogen-bond acceptors (Lipinski definition) is 3. The molecule has 0 aliphatic rings. The molecule has 0 aliphatic carbocycles. The summed E-state index contributed by atoms with van der Waals surface area (Å²) in [5.74, 6) is 0.465. The second kappa shape index (κ2) is 8.38. The number of esters is 1. The van der Waals surface area contributed by atoms with Gasteiger partial charge in [0.2, 0.25) is 0 Å². The van der Waals surface area contributed by atoms with E-state index in [9.17, 15) is 9.90 Å². The lowest BCUT2D eigenvalue weighted by atomic mass is 9.74. The number of carbonyl (C=O) groups excluding carboxylic acids is 1. The van der Waals surface area contributed by atoms with E-state index >= 15 is 0 Å². The highest BCUT2D eigenvalue weighted by atomic mass is 16.5. The van der Waals surface area contributed by atoms with Crippen molar-refractivity contribution in [1.82, 2.24) is 0 Å². The van der Waals surface area contributed by atoms with Crippen LogP contribution in [0.5, 0.6) is 11.5 Å². The molecule has 0 heterocycles. The molecule has 0 saturated heterocycles. The molecule has 0 atom stereocenters. The Morgan fingerprint density at radius 3 is 2.11 bits per heavy atom. The van der Waals surface area contributed by atoms with Crippen LogP contribution >= 0.6 is 0 Å². The quantitative estimate of drug-likeness (QED) is 0.471. The summed E-state index contributed by atoms with van der Waals surface area (Å²) in [5, 5.41) is 11.2. The zero-order valence-electron chi connectivity index (χ0n) is 18.3. The maximum atomic E-state index is 13.2. The third-order valence-electron chi connectivity index (χ3n) is 4.92. The number of para-hydroxylation sites is 1. The van der Waals surface area contributed by atoms with E-state index in [1.165, 1.54) is 0 Å². The van der Waals surface area contributed by atoms with E-state index in [2.05, 4.69) is 27.7 Å². The number of aromatic hydroxyl groups is 1. The molecule has 2 aromatic carbocycles. The minimum Gasteiger partial charge on any atom is -0.507 e. The fourth-order valence-electron chi connectivity index (χ4n) is 3.54. The zero-order chi connectivity index (χ0) is 21.1. The Labute approximate surface area is 169 Å². The van der Waals surface area contributed by atoms with Crippen molar-refractivity contribution in [3.63, 3.8) is 0 Å². The summed E-state index contributed by atoms with van der Waals surface area (Å²) in [6.07, 6.45) is 2.70. The van der Waals surface area contributed by atoms with Gasteiger partial charge >= 0.3 is 5.97 Å². The third kappa shape index (κ3) is 4.95. The van der Waals surface area contributed by atoms with Gasteiger partial charge in [-0.15, -0.1) is 0 Å². The number of carbonyl (C=O) groups is 1. The second-order valence-electron chi connectivity index (χ2n) is 9.48. The lowest BCUT2D eigenvalue weighted by molar-refractivity contribution is 0.0733. The summed E-state index contributed by atoms with van der Waals surface area (Å²) in [7, 11) is 0. The maximum Gasteiger partial charge on any atom is 0.343 e. The van der Waals surface area contributed by atoms with Crippen LogP contribution in [0.3, 0.4) is 0 Å². The normalized spacial score (nSPS) is 12.1. The summed E-state index contributed by atoms with van der Waals surface area (Å²) in [4.78, 5) is 13.2. The van der Waals surface area contributed by atoms with Crippen LogP contribution in [0.2, 0.25) is 0 Å². The molecule has 0 spiro atoms. The minimum absolute atomic E-state index is 0.295. The molecule has 0 aliphatic heterocycles. The summed E-state index contributed by atoms with van der Waals surface area (Å²) < 4.78 is 5.68. The largest absolute Gasteiger partial charge is 0.507 e. The van der Waals surface area contributed by atoms with Crippen LogP contribution in [-0.4, -0.2) is 11.1 Å². The van der Waals surface area contributed by atoms with Gasteiger partial charge in [-0.1, -0.05) is 73.1 Å². The van der Waals surface area contributed by atoms with Gasteiger partial charge in [0, 0.05) is 11.1 Å². The molecular weight excluding hydrogens is 348 g/mol. The van der Waals surface area contributed by atoms with E-state index in [0.29, 0.717) is 17.1 Å². The lowest BCUT2D eigenvalue weighted by Gasteiger charge is -2.31. The first-order chi connectivity index (χ1) is 13.0. The highest BCUT2D eigenvalue weighted by molar-refractivity contribution is 5.94. The van der Waals surface area contributed by atoms with Crippen LogP contribution in [-0.2, 0) is 17.3 Å². The first-order valence-corrected chi connectivity index (χ1v) is 10.1. The number of rotatable bonds is 5. The number of benzene rings is 2. The van der Waals surface area contributed by atoms with Crippen molar-refractivity contribution in [2.45, 2.75) is 78.6 Å². The minimum atomic E-state index is -0.367. The Bertz CT molecular complexity index is 822. The SMILES string of the molecule is CCCCc1c(C(=O)Oc2ccccc2)cc(C(C)(C)C)c(O)c1C(C)(C)C. The van der Waals surface area contributed by atoms with Gasteiger partial charge in [-0.3, -0.25) is 0 Å². The van der Waals surface area contributed by atoms with Crippen LogP contribution in [0.15, 0.2) is 36.4 Å². The van der Waals surface area contributed by atoms with Gasteiger partial charge < -0.3 is 9.84 Å². The zero-order valence-corrected chi connectivity index (χ0v) is 18.3. The Hall–Kier alpha value is -2.29. The molecular formula is C25H34O3. The average molecular weight is 383 g/mol. The van der Waals surface area contributed by atoms with Gasteiger partial charge in [0.1, 0.15) is 11.5 Å². The van der Waals surface area contributed by atoms with Crippen LogP contribution in [0, 0.1) is 0 Å². The van der Waals surface area contributed by atoms with E-state index in [4.69, 9.17) is 4.74 Å². The molecule has 0 amide bonds. The highest BCUT2D eigenvalue weighted by Gasteiger charge is 2.32. The topological polar surface area (TPSA) is 46.5 Å². The third-order valence-corrected chi connectivity index (χ3v) is 4.92. The Morgan fingerprint density at radius 2 is 1.61 bits per heavy atom. The summed E-state index contributed by atoms with van der Waals surface area (Å²) in [6.45, 7) is 14.5. The van der Waals surface area contributed by atoms with Crippen LogP contribution in [0.4, 0.5) is 0 Å². The Kier molecular flexibility index (Phi) is 6.59. The smallest absolute Gasteiger partial charge is 0.343 e. The highest BCUT2D eigenvalue weighted by Crippen LogP contribution is 2.43. The first kappa shape index (κ1) is 22.0. The van der Waals surface area contributed by atoms with Crippen molar-refractivity contribution in [2.75, 3.05) is 0 Å². The van der Waals surface area contributed by atoms with E-state index < -0.39 is 0 Å². The van der Waals surface area contributed by atoms with Crippen molar-refractivity contribution in [3.05, 3.63) is 58.7 Å². The van der Waals surface area contributed by atoms with Crippen molar-refractivity contribution in [2.24, 2.45) is 0 Å². The molecule has 0 saturated carbocycles. The molecule has 1 N–H and O–H groups in total. The van der Waals surface area contributed by atoms with Crippen LogP contribution in [0.1, 0.15) is 88.4 Å². The number of hydrogen-bond donors (Lipinski definition) is 1. The summed E-state index contributed by atoms with van der Waals surface area (Å²) in [5.41, 5.74) is 2.50. The van der Waals surface area contributed by atoms with E-state index in [0.717, 1.165) is 36.0 Å². The molecule has 2 aromatic rings. The van der Waals surface area contributed by atoms with Crippen molar-refractivity contribution >= 4 is 5.97 Å². The molecule has 2 rings (SSSR count). The van der Waals surface area contributed by atoms with E-state index in [1.807, 2.05) is 45.0 Å². The second-order valence-corrected chi connectivity index (χ2v) is 9.48. The van der Waals surface area contributed by atoms with Gasteiger partial charge in [-0.25, -0.2) is 4.79 Å². The van der Waals surface area contributed by atoms with Crippen molar-refractivity contribution in [3.8, 4) is 11.5 Å². The van der Waals surface area contributed by atoms with Crippen molar-refractivity contribution in [1.29, 1.82) is 0 Å². The summed E-state index contributed by atoms with van der Waals surface area (Å²) in [6, 6.07) is 11.0. The van der Waals surface area contributed by atoms with Gasteiger partial charge in [0.25, 0.3) is 0 Å². The Morgan fingerprint density at radius 1 is 1.00 bits per heavy atom. The fraction of sp³-hybridized carbons (Fsp3) is 0.480. The summed E-state index contributed by atoms with van der Waals surface area (Å²) >= 11 is 0. The molecule has 0 bridgehead atoms. The number of ether oxygens (including phenoxy) is 1. The molecule has 0 fully saturated rings. The maximum absolute atomic E-state index is 13.2. The molecule has 3 nitrogen and oxygen atoms in total. The molecule has 152 valence electrons. The fourth-order valence-corrected chi connectivity index (χ4v) is 3.54. The van der Waals surface area contributed by atoms with Gasteiger partial charge in [0.05, 0.1) is 5.56 Å². The predicted octanol–water partition coefficient (Wildman–Crippen LogP) is 6.55. The van der Waals surface area contributed by atoms with E-state index in [1.54, 1.807) is 12.1 Å². The van der Waals surface area contributed by atoms with E-state index in [-0.39, 0.29) is 16.8 Å². The lowest BCUT2D eigenvalue weighted by Crippen LogP contribution is -2.23.